The topological polar surface area (TPSA) is 46.3 Å². The molecule has 0 atom stereocenters. The number of rotatable bonds is 3. The maximum Gasteiger partial charge on any atom is 0.253 e. The molecule has 2 rings (SSSR count). The molecule has 1 aliphatic rings. The number of amides is 1. The summed E-state index contributed by atoms with van der Waals surface area (Å²) in [4.78, 5) is 14.2. The molecular weight excluding hydrogens is 295 g/mol. The molecule has 1 saturated carbocycles. The summed E-state index contributed by atoms with van der Waals surface area (Å²) < 4.78 is 0. The van der Waals surface area contributed by atoms with Gasteiger partial charge < -0.3 is 10.6 Å². The first-order valence-corrected chi connectivity index (χ1v) is 7.74. The van der Waals surface area contributed by atoms with E-state index in [9.17, 15) is 4.79 Å². The summed E-state index contributed by atoms with van der Waals surface area (Å²) in [5.74, 6) is 0.554. The van der Waals surface area contributed by atoms with Crippen LogP contribution >= 0.6 is 23.2 Å². The third-order valence-corrected chi connectivity index (χ3v) is 4.72. The molecule has 0 aromatic heterocycles. The van der Waals surface area contributed by atoms with Crippen LogP contribution in [0.3, 0.4) is 0 Å². The van der Waals surface area contributed by atoms with Crippen LogP contribution in [0.25, 0.3) is 0 Å². The Kier molecular flexibility index (Phi) is 5.17. The number of carbonyl (C=O) groups excluding carboxylic acids is 1. The highest BCUT2D eigenvalue weighted by Crippen LogP contribution is 2.30. The lowest BCUT2D eigenvalue weighted by Crippen LogP contribution is -2.32. The van der Waals surface area contributed by atoms with Crippen molar-refractivity contribution in [3.8, 4) is 0 Å². The molecule has 2 N–H and O–H groups in total. The lowest BCUT2D eigenvalue weighted by Gasteiger charge is -2.27. The van der Waals surface area contributed by atoms with Gasteiger partial charge in [-0.2, -0.15) is 0 Å². The van der Waals surface area contributed by atoms with Crippen LogP contribution in [0.4, 0.5) is 5.69 Å². The van der Waals surface area contributed by atoms with Gasteiger partial charge in [-0.1, -0.05) is 42.5 Å². The first-order valence-electron chi connectivity index (χ1n) is 6.99. The van der Waals surface area contributed by atoms with Crippen LogP contribution in [-0.2, 0) is 0 Å². The van der Waals surface area contributed by atoms with Crippen LogP contribution in [0.5, 0.6) is 0 Å². The Morgan fingerprint density at radius 3 is 2.55 bits per heavy atom. The van der Waals surface area contributed by atoms with E-state index in [0.29, 0.717) is 27.2 Å². The molecule has 0 saturated heterocycles. The molecule has 0 unspecified atom stereocenters. The number of nitrogens with zero attached hydrogens (tertiary/aromatic N) is 1. The van der Waals surface area contributed by atoms with E-state index in [2.05, 4.69) is 0 Å². The minimum Gasteiger partial charge on any atom is -0.397 e. The lowest BCUT2D eigenvalue weighted by molar-refractivity contribution is 0.0760. The van der Waals surface area contributed by atoms with E-state index in [1.165, 1.54) is 32.1 Å². The van der Waals surface area contributed by atoms with E-state index >= 15 is 0 Å². The van der Waals surface area contributed by atoms with Crippen molar-refractivity contribution in [1.82, 2.24) is 4.90 Å². The van der Waals surface area contributed by atoms with E-state index < -0.39 is 0 Å². The van der Waals surface area contributed by atoms with Crippen LogP contribution < -0.4 is 5.73 Å². The van der Waals surface area contributed by atoms with E-state index in [4.69, 9.17) is 28.9 Å². The van der Waals surface area contributed by atoms with Crippen LogP contribution in [-0.4, -0.2) is 24.4 Å². The predicted molar refractivity (Wildman–Crippen MR) is 84.4 cm³/mol. The summed E-state index contributed by atoms with van der Waals surface area (Å²) in [5, 5.41) is 0.624. The minimum absolute atomic E-state index is 0.0548. The third kappa shape index (κ3) is 3.58. The van der Waals surface area contributed by atoms with Crippen molar-refractivity contribution in [2.24, 2.45) is 5.92 Å². The number of nitrogen functional groups attached to an aromatic ring is 1. The van der Waals surface area contributed by atoms with Crippen molar-refractivity contribution >= 4 is 34.8 Å². The molecule has 1 aromatic rings. The molecule has 0 spiro atoms. The zero-order valence-corrected chi connectivity index (χ0v) is 13.2. The fourth-order valence-electron chi connectivity index (χ4n) is 2.79. The zero-order valence-electron chi connectivity index (χ0n) is 11.7. The molecule has 1 aromatic carbocycles. The van der Waals surface area contributed by atoms with Crippen molar-refractivity contribution < 1.29 is 4.79 Å². The van der Waals surface area contributed by atoms with Crippen LogP contribution in [0.15, 0.2) is 12.1 Å². The molecule has 110 valence electrons. The van der Waals surface area contributed by atoms with Crippen molar-refractivity contribution in [1.29, 1.82) is 0 Å². The predicted octanol–water partition coefficient (Wildman–Crippen LogP) is 4.23. The number of hydrogen-bond donors (Lipinski definition) is 1. The van der Waals surface area contributed by atoms with Gasteiger partial charge in [0.25, 0.3) is 5.91 Å². The van der Waals surface area contributed by atoms with Gasteiger partial charge in [0, 0.05) is 19.2 Å². The van der Waals surface area contributed by atoms with Crippen LogP contribution in [0.1, 0.15) is 42.5 Å². The van der Waals surface area contributed by atoms with Gasteiger partial charge >= 0.3 is 0 Å². The van der Waals surface area contributed by atoms with E-state index in [0.717, 1.165) is 6.54 Å². The van der Waals surface area contributed by atoms with E-state index in [-0.39, 0.29) is 5.91 Å². The van der Waals surface area contributed by atoms with E-state index in [1.807, 2.05) is 7.05 Å². The Balaban J connectivity index is 2.06. The van der Waals surface area contributed by atoms with Gasteiger partial charge in [0.1, 0.15) is 0 Å². The van der Waals surface area contributed by atoms with Gasteiger partial charge in [0.2, 0.25) is 0 Å². The Morgan fingerprint density at radius 1 is 1.30 bits per heavy atom. The lowest BCUT2D eigenvalue weighted by atomic mass is 9.89. The van der Waals surface area contributed by atoms with E-state index in [1.54, 1.807) is 17.0 Å². The molecular formula is C15H20Cl2N2O. The molecule has 1 aliphatic carbocycles. The summed E-state index contributed by atoms with van der Waals surface area (Å²) in [6.07, 6.45) is 6.28. The number of hydrogen-bond acceptors (Lipinski definition) is 2. The molecule has 0 heterocycles. The van der Waals surface area contributed by atoms with Gasteiger partial charge in [-0.25, -0.2) is 0 Å². The van der Waals surface area contributed by atoms with Gasteiger partial charge in [-0.15, -0.1) is 0 Å². The molecule has 20 heavy (non-hydrogen) atoms. The number of nitrogens with two attached hydrogens (primary N) is 1. The average molecular weight is 315 g/mol. The molecule has 0 aliphatic heterocycles. The van der Waals surface area contributed by atoms with Crippen molar-refractivity contribution in [2.75, 3.05) is 19.3 Å². The smallest absolute Gasteiger partial charge is 0.253 e. The van der Waals surface area contributed by atoms with Gasteiger partial charge in [-0.3, -0.25) is 4.79 Å². The Hall–Kier alpha value is -0.930. The second kappa shape index (κ2) is 6.68. The summed E-state index contributed by atoms with van der Waals surface area (Å²) >= 11 is 11.9. The second-order valence-electron chi connectivity index (χ2n) is 5.55. The Labute approximate surface area is 130 Å². The standard InChI is InChI=1S/C15H20Cl2N2O/c1-19(9-10-5-3-2-4-6-10)15(20)11-7-12(16)14(17)13(18)8-11/h7-8,10H,2-6,9,18H2,1H3. The summed E-state index contributed by atoms with van der Waals surface area (Å²) in [6.45, 7) is 0.791. The van der Waals surface area contributed by atoms with Crippen molar-refractivity contribution in [3.05, 3.63) is 27.7 Å². The number of benzene rings is 1. The molecule has 1 amide bonds. The van der Waals surface area contributed by atoms with Gasteiger partial charge in [-0.05, 0) is 30.9 Å². The van der Waals surface area contributed by atoms with Crippen molar-refractivity contribution in [2.45, 2.75) is 32.1 Å². The Morgan fingerprint density at radius 2 is 1.95 bits per heavy atom. The van der Waals surface area contributed by atoms with Crippen LogP contribution in [0, 0.1) is 5.92 Å². The highest BCUT2D eigenvalue weighted by Gasteiger charge is 2.20. The number of carbonyl (C=O) groups is 1. The summed E-state index contributed by atoms with van der Waals surface area (Å²) in [5.41, 5.74) is 6.59. The van der Waals surface area contributed by atoms with Gasteiger partial charge in [0.05, 0.1) is 15.7 Å². The number of halogens is 2. The average Bonchev–Trinajstić information content (AvgIpc) is 2.44. The van der Waals surface area contributed by atoms with Crippen molar-refractivity contribution in [3.63, 3.8) is 0 Å². The maximum absolute atomic E-state index is 12.4. The highest BCUT2D eigenvalue weighted by molar-refractivity contribution is 6.43. The largest absolute Gasteiger partial charge is 0.397 e. The molecule has 3 nitrogen and oxygen atoms in total. The molecule has 5 heteroatoms. The van der Waals surface area contributed by atoms with Crippen LogP contribution in [0.2, 0.25) is 10.0 Å². The highest BCUT2D eigenvalue weighted by atomic mass is 35.5. The first kappa shape index (κ1) is 15.5. The fraction of sp³-hybridized carbons (Fsp3) is 0.533. The number of anilines is 1. The monoisotopic (exact) mass is 314 g/mol. The first-order chi connectivity index (χ1) is 9.49. The fourth-order valence-corrected chi connectivity index (χ4v) is 3.13. The summed E-state index contributed by atoms with van der Waals surface area (Å²) in [7, 11) is 1.83. The quantitative estimate of drug-likeness (QED) is 0.849. The molecule has 0 radical (unpaired) electrons. The van der Waals surface area contributed by atoms with Gasteiger partial charge in [0.15, 0.2) is 0 Å². The molecule has 0 bridgehead atoms. The SMILES string of the molecule is CN(CC1CCCCC1)C(=O)c1cc(N)c(Cl)c(Cl)c1. The maximum atomic E-state index is 12.4. The zero-order chi connectivity index (χ0) is 14.7. The Bertz CT molecular complexity index is 476. The summed E-state index contributed by atoms with van der Waals surface area (Å²) in [6, 6.07) is 3.17. The normalized spacial score (nSPS) is 16.1. The molecule has 1 fully saturated rings. The second-order valence-corrected chi connectivity index (χ2v) is 6.34. The third-order valence-electron chi connectivity index (χ3n) is 3.91. The minimum atomic E-state index is -0.0548.